The van der Waals surface area contributed by atoms with Crippen molar-refractivity contribution in [1.82, 2.24) is 9.97 Å². The van der Waals surface area contributed by atoms with Crippen molar-refractivity contribution in [3.05, 3.63) is 18.2 Å². The van der Waals surface area contributed by atoms with Gasteiger partial charge in [0.2, 0.25) is 0 Å². The molecule has 7 nitrogen and oxygen atoms in total. The summed E-state index contributed by atoms with van der Waals surface area (Å²) in [6.07, 6.45) is 1.98. The second-order valence-electron chi connectivity index (χ2n) is 5.06. The minimum absolute atomic E-state index is 0.0732. The average Bonchev–Trinajstić information content (AvgIpc) is 2.79. The second-order valence-corrected chi connectivity index (χ2v) is 5.06. The number of hydrogen-bond acceptors (Lipinski definition) is 6. The maximum absolute atomic E-state index is 12.0. The number of nitrogens with one attached hydrogen (secondary N) is 1. The van der Waals surface area contributed by atoms with E-state index in [-0.39, 0.29) is 17.8 Å². The molecular weight excluding hydrogens is 262 g/mol. The van der Waals surface area contributed by atoms with E-state index in [1.165, 1.54) is 12.4 Å². The Morgan fingerprint density at radius 1 is 1.50 bits per heavy atom. The van der Waals surface area contributed by atoms with Gasteiger partial charge in [0.05, 0.1) is 30.8 Å². The van der Waals surface area contributed by atoms with Gasteiger partial charge in [-0.25, -0.2) is 9.97 Å². The van der Waals surface area contributed by atoms with Gasteiger partial charge in [-0.1, -0.05) is 6.92 Å². The summed E-state index contributed by atoms with van der Waals surface area (Å²) in [5.41, 5.74) is 0.430. The third-order valence-electron chi connectivity index (χ3n) is 3.47. The maximum Gasteiger partial charge on any atom is 0.253 e. The van der Waals surface area contributed by atoms with E-state index in [9.17, 15) is 9.90 Å². The van der Waals surface area contributed by atoms with Crippen LogP contribution in [0.5, 0.6) is 0 Å². The molecule has 1 saturated heterocycles. The highest BCUT2D eigenvalue weighted by Gasteiger charge is 2.33. The number of carbonyl (C=O) groups is 1. The van der Waals surface area contributed by atoms with Gasteiger partial charge in [-0.3, -0.25) is 4.79 Å². The molecule has 4 atom stereocenters. The summed E-state index contributed by atoms with van der Waals surface area (Å²) in [6, 6.07) is 0. The van der Waals surface area contributed by atoms with Crippen LogP contribution in [0.2, 0.25) is 0 Å². The van der Waals surface area contributed by atoms with Crippen molar-refractivity contribution in [3.63, 3.8) is 0 Å². The Bertz CT molecular complexity index is 455. The van der Waals surface area contributed by atoms with Crippen LogP contribution >= 0.6 is 0 Å². The molecule has 0 radical (unpaired) electrons. The molecule has 7 heteroatoms. The van der Waals surface area contributed by atoms with Gasteiger partial charge in [0.25, 0.3) is 5.91 Å². The van der Waals surface area contributed by atoms with Crippen LogP contribution in [0.25, 0.3) is 0 Å². The molecule has 1 aromatic heterocycles. The van der Waals surface area contributed by atoms with E-state index in [1.54, 1.807) is 0 Å². The molecule has 0 aliphatic carbocycles. The summed E-state index contributed by atoms with van der Waals surface area (Å²) in [4.78, 5) is 19.8. The first kappa shape index (κ1) is 14.8. The van der Waals surface area contributed by atoms with Crippen LogP contribution < -0.4 is 5.32 Å². The lowest BCUT2D eigenvalue weighted by molar-refractivity contribution is -0.126. The Labute approximate surface area is 117 Å². The number of anilines is 1. The molecule has 1 fully saturated rings. The fourth-order valence-electron chi connectivity index (χ4n) is 2.03. The van der Waals surface area contributed by atoms with Crippen molar-refractivity contribution in [2.45, 2.75) is 38.6 Å². The Balaban J connectivity index is 1.95. The van der Waals surface area contributed by atoms with Crippen molar-refractivity contribution in [1.29, 1.82) is 0 Å². The summed E-state index contributed by atoms with van der Waals surface area (Å²) in [7, 11) is 0. The normalized spacial score (nSPS) is 27.3. The molecule has 1 aliphatic rings. The van der Waals surface area contributed by atoms with Crippen molar-refractivity contribution in [2.24, 2.45) is 5.92 Å². The van der Waals surface area contributed by atoms with Gasteiger partial charge in [-0.2, -0.15) is 0 Å². The van der Waals surface area contributed by atoms with Crippen LogP contribution in [0, 0.1) is 5.92 Å². The smallest absolute Gasteiger partial charge is 0.253 e. The molecule has 0 bridgehead atoms. The van der Waals surface area contributed by atoms with Crippen molar-refractivity contribution >= 4 is 11.6 Å². The van der Waals surface area contributed by atoms with E-state index in [2.05, 4.69) is 15.3 Å². The zero-order chi connectivity index (χ0) is 14.7. The summed E-state index contributed by atoms with van der Waals surface area (Å²) < 4.78 is 5.56. The summed E-state index contributed by atoms with van der Waals surface area (Å²) >= 11 is 0. The number of aromatic nitrogens is 2. The predicted octanol–water partition coefficient (Wildman–Crippen LogP) is 0.254. The number of rotatable bonds is 4. The highest BCUT2D eigenvalue weighted by Crippen LogP contribution is 2.26. The topological polar surface area (TPSA) is 105 Å². The Morgan fingerprint density at radius 2 is 2.15 bits per heavy atom. The Kier molecular flexibility index (Phi) is 4.64. The average molecular weight is 281 g/mol. The van der Waals surface area contributed by atoms with Crippen LogP contribution in [0.1, 0.15) is 32.2 Å². The van der Waals surface area contributed by atoms with Crippen molar-refractivity contribution in [2.75, 3.05) is 11.9 Å². The molecule has 2 heterocycles. The standard InChI is InChI=1S/C13H19N3O4/c1-7-3-11(20-8(7)2)13(19)16-9-4-14-12(15-5-9)10(18)6-17/h4-5,7-8,10-11,17-18H,3,6H2,1-2H3,(H,16,19)/t7-,8+,10?,11-/m0/s1. The molecule has 3 N–H and O–H groups in total. The molecule has 1 aromatic rings. The summed E-state index contributed by atoms with van der Waals surface area (Å²) in [5.74, 6) is 0.245. The molecule has 20 heavy (non-hydrogen) atoms. The fourth-order valence-corrected chi connectivity index (χ4v) is 2.03. The first-order valence-electron chi connectivity index (χ1n) is 6.58. The molecule has 1 amide bonds. The maximum atomic E-state index is 12.0. The zero-order valence-corrected chi connectivity index (χ0v) is 11.5. The second kappa shape index (κ2) is 6.25. The minimum atomic E-state index is -1.11. The van der Waals surface area contributed by atoms with E-state index in [4.69, 9.17) is 9.84 Å². The van der Waals surface area contributed by atoms with Crippen LogP contribution in [0.3, 0.4) is 0 Å². The van der Waals surface area contributed by atoms with Gasteiger partial charge in [-0.15, -0.1) is 0 Å². The van der Waals surface area contributed by atoms with E-state index < -0.39 is 18.8 Å². The number of hydrogen-bond donors (Lipinski definition) is 3. The lowest BCUT2D eigenvalue weighted by Crippen LogP contribution is -2.27. The van der Waals surface area contributed by atoms with Crippen LogP contribution in [0.4, 0.5) is 5.69 Å². The van der Waals surface area contributed by atoms with Gasteiger partial charge in [0.15, 0.2) is 5.82 Å². The van der Waals surface area contributed by atoms with Crippen molar-refractivity contribution < 1.29 is 19.7 Å². The lowest BCUT2D eigenvalue weighted by Gasteiger charge is -2.12. The predicted molar refractivity (Wildman–Crippen MR) is 70.8 cm³/mol. The van der Waals surface area contributed by atoms with Gasteiger partial charge >= 0.3 is 0 Å². The van der Waals surface area contributed by atoms with Crippen LogP contribution in [-0.2, 0) is 9.53 Å². The fraction of sp³-hybridized carbons (Fsp3) is 0.615. The van der Waals surface area contributed by atoms with Gasteiger partial charge in [-0.05, 0) is 19.3 Å². The number of aliphatic hydroxyl groups excluding tert-OH is 2. The summed E-state index contributed by atoms with van der Waals surface area (Å²) in [5, 5.41) is 20.8. The van der Waals surface area contributed by atoms with Gasteiger partial charge in [0.1, 0.15) is 12.2 Å². The van der Waals surface area contributed by atoms with E-state index >= 15 is 0 Å². The highest BCUT2D eigenvalue weighted by molar-refractivity contribution is 5.94. The number of amides is 1. The van der Waals surface area contributed by atoms with Gasteiger partial charge < -0.3 is 20.3 Å². The Hall–Kier alpha value is -1.57. The van der Waals surface area contributed by atoms with E-state index in [0.29, 0.717) is 18.0 Å². The molecule has 1 unspecified atom stereocenters. The molecule has 1 aliphatic heterocycles. The number of ether oxygens (including phenoxy) is 1. The first-order valence-corrected chi connectivity index (χ1v) is 6.58. The largest absolute Gasteiger partial charge is 0.393 e. The van der Waals surface area contributed by atoms with Crippen LogP contribution in [0.15, 0.2) is 12.4 Å². The molecule has 0 aromatic carbocycles. The first-order chi connectivity index (χ1) is 9.51. The molecular formula is C13H19N3O4. The molecule has 0 spiro atoms. The van der Waals surface area contributed by atoms with Crippen LogP contribution in [-0.4, -0.2) is 44.9 Å². The number of aliphatic hydroxyl groups is 2. The third kappa shape index (κ3) is 3.30. The zero-order valence-electron chi connectivity index (χ0n) is 11.5. The molecule has 2 rings (SSSR count). The quantitative estimate of drug-likeness (QED) is 0.731. The van der Waals surface area contributed by atoms with Crippen molar-refractivity contribution in [3.8, 4) is 0 Å². The molecule has 110 valence electrons. The van der Waals surface area contributed by atoms with E-state index in [1.807, 2.05) is 13.8 Å². The molecule has 0 saturated carbocycles. The highest BCUT2D eigenvalue weighted by atomic mass is 16.5. The number of nitrogens with zero attached hydrogens (tertiary/aromatic N) is 2. The van der Waals surface area contributed by atoms with Gasteiger partial charge in [0, 0.05) is 0 Å². The lowest BCUT2D eigenvalue weighted by atomic mass is 10.0. The monoisotopic (exact) mass is 281 g/mol. The number of carbonyl (C=O) groups excluding carboxylic acids is 1. The van der Waals surface area contributed by atoms with E-state index in [0.717, 1.165) is 0 Å². The SMILES string of the molecule is C[C@H]1C[C@@H](C(=O)Nc2cnc(C(O)CO)nc2)O[C@@H]1C. The third-order valence-corrected chi connectivity index (χ3v) is 3.47. The minimum Gasteiger partial charge on any atom is -0.393 e. The Morgan fingerprint density at radius 3 is 2.65 bits per heavy atom. The summed E-state index contributed by atoms with van der Waals surface area (Å²) in [6.45, 7) is 3.55.